The van der Waals surface area contributed by atoms with Crippen molar-refractivity contribution in [3.05, 3.63) is 47.5 Å². The first-order chi connectivity index (χ1) is 6.15. The summed E-state index contributed by atoms with van der Waals surface area (Å²) >= 11 is 5.70. The topological polar surface area (TPSA) is 0 Å². The van der Waals surface area contributed by atoms with E-state index in [0.717, 1.165) is 0 Å². The summed E-state index contributed by atoms with van der Waals surface area (Å²) in [6, 6.07) is 8.39. The number of rotatable bonds is 3. The van der Waals surface area contributed by atoms with E-state index in [4.69, 9.17) is 11.6 Å². The smallest absolute Gasteiger partial charge is 0.0474 e. The summed E-state index contributed by atoms with van der Waals surface area (Å²) in [6.45, 7) is 8.17. The minimum Gasteiger partial charge on any atom is -0.122 e. The van der Waals surface area contributed by atoms with Crippen LogP contribution in [0.3, 0.4) is 0 Å². The Kier molecular flexibility index (Phi) is 3.56. The van der Waals surface area contributed by atoms with Crippen LogP contribution in [0.25, 0.3) is 0 Å². The highest BCUT2D eigenvalue weighted by atomic mass is 35.5. The Morgan fingerprint density at radius 2 is 1.92 bits per heavy atom. The number of hydrogen-bond donors (Lipinski definition) is 0. The molecule has 0 aliphatic carbocycles. The second kappa shape index (κ2) is 4.48. The lowest BCUT2D eigenvalue weighted by Gasteiger charge is -2.11. The molecule has 0 bridgehead atoms. The third kappa shape index (κ3) is 2.60. The van der Waals surface area contributed by atoms with E-state index in [9.17, 15) is 0 Å². The van der Waals surface area contributed by atoms with E-state index in [-0.39, 0.29) is 0 Å². The minimum absolute atomic E-state index is 0.435. The van der Waals surface area contributed by atoms with Gasteiger partial charge in [-0.25, -0.2) is 0 Å². The van der Waals surface area contributed by atoms with Crippen molar-refractivity contribution in [3.63, 3.8) is 0 Å². The zero-order chi connectivity index (χ0) is 9.84. The molecule has 70 valence electrons. The van der Waals surface area contributed by atoms with Crippen LogP contribution in [-0.2, 0) is 5.88 Å². The SMILES string of the molecule is C=C(C)C(C)c1ccc(CCl)cc1. The van der Waals surface area contributed by atoms with Gasteiger partial charge >= 0.3 is 0 Å². The molecule has 13 heavy (non-hydrogen) atoms. The van der Waals surface area contributed by atoms with Crippen molar-refractivity contribution in [2.75, 3.05) is 0 Å². The Labute approximate surface area is 85.2 Å². The maximum Gasteiger partial charge on any atom is 0.0474 e. The van der Waals surface area contributed by atoms with Gasteiger partial charge in [0.15, 0.2) is 0 Å². The lowest BCUT2D eigenvalue weighted by Crippen LogP contribution is -1.93. The molecule has 0 nitrogen and oxygen atoms in total. The van der Waals surface area contributed by atoms with E-state index >= 15 is 0 Å². The van der Waals surface area contributed by atoms with Crippen LogP contribution >= 0.6 is 11.6 Å². The number of halogens is 1. The van der Waals surface area contributed by atoms with Crippen LogP contribution in [0, 0.1) is 0 Å². The Hall–Kier alpha value is -0.750. The molecule has 0 saturated heterocycles. The molecule has 1 heteroatoms. The third-order valence-corrected chi connectivity index (χ3v) is 2.68. The van der Waals surface area contributed by atoms with Crippen molar-refractivity contribution in [1.82, 2.24) is 0 Å². The van der Waals surface area contributed by atoms with Crippen molar-refractivity contribution in [1.29, 1.82) is 0 Å². The van der Waals surface area contributed by atoms with Crippen molar-refractivity contribution in [2.45, 2.75) is 25.6 Å². The maximum absolute atomic E-state index is 5.70. The highest BCUT2D eigenvalue weighted by Crippen LogP contribution is 2.22. The highest BCUT2D eigenvalue weighted by Gasteiger charge is 2.04. The molecule has 0 fully saturated rings. The van der Waals surface area contributed by atoms with E-state index in [2.05, 4.69) is 44.7 Å². The van der Waals surface area contributed by atoms with Crippen LogP contribution in [0.2, 0.25) is 0 Å². The fourth-order valence-corrected chi connectivity index (χ4v) is 1.36. The fraction of sp³-hybridized carbons (Fsp3) is 0.333. The van der Waals surface area contributed by atoms with Crippen molar-refractivity contribution >= 4 is 11.6 Å². The van der Waals surface area contributed by atoms with E-state index in [0.29, 0.717) is 11.8 Å². The average molecular weight is 195 g/mol. The molecule has 0 N–H and O–H groups in total. The molecule has 1 aromatic rings. The largest absolute Gasteiger partial charge is 0.122 e. The van der Waals surface area contributed by atoms with E-state index < -0.39 is 0 Å². The minimum atomic E-state index is 0.435. The number of hydrogen-bond acceptors (Lipinski definition) is 0. The Morgan fingerprint density at radius 3 is 2.31 bits per heavy atom. The third-order valence-electron chi connectivity index (χ3n) is 2.37. The zero-order valence-corrected chi connectivity index (χ0v) is 8.93. The quantitative estimate of drug-likeness (QED) is 0.502. The molecule has 0 spiro atoms. The maximum atomic E-state index is 5.70. The lowest BCUT2D eigenvalue weighted by atomic mass is 9.94. The Balaban J connectivity index is 2.85. The summed E-state index contributed by atoms with van der Waals surface area (Å²) < 4.78 is 0. The van der Waals surface area contributed by atoms with Gasteiger partial charge in [-0.05, 0) is 18.1 Å². The summed E-state index contributed by atoms with van der Waals surface area (Å²) in [7, 11) is 0. The summed E-state index contributed by atoms with van der Waals surface area (Å²) in [5, 5.41) is 0. The first-order valence-electron chi connectivity index (χ1n) is 4.45. The predicted octanol–water partition coefficient (Wildman–Crippen LogP) is 4.11. The van der Waals surface area contributed by atoms with Gasteiger partial charge in [-0.3, -0.25) is 0 Å². The summed E-state index contributed by atoms with van der Waals surface area (Å²) in [5.74, 6) is 1.02. The molecule has 1 unspecified atom stereocenters. The molecule has 0 heterocycles. The molecular formula is C12H15Cl. The van der Waals surface area contributed by atoms with Crippen LogP contribution in [0.4, 0.5) is 0 Å². The fourth-order valence-electron chi connectivity index (χ4n) is 1.18. The van der Waals surface area contributed by atoms with E-state index in [1.807, 2.05) is 0 Å². The highest BCUT2D eigenvalue weighted by molar-refractivity contribution is 6.17. The first-order valence-corrected chi connectivity index (χ1v) is 4.98. The van der Waals surface area contributed by atoms with E-state index in [1.165, 1.54) is 16.7 Å². The molecule has 0 radical (unpaired) electrons. The summed E-state index contributed by atoms with van der Waals surface area (Å²) in [5.41, 5.74) is 3.67. The van der Waals surface area contributed by atoms with Crippen LogP contribution in [0.15, 0.2) is 36.4 Å². The predicted molar refractivity (Wildman–Crippen MR) is 59.2 cm³/mol. The van der Waals surface area contributed by atoms with Crippen LogP contribution < -0.4 is 0 Å². The van der Waals surface area contributed by atoms with Gasteiger partial charge in [0.1, 0.15) is 0 Å². The Bertz CT molecular complexity index is 284. The number of benzene rings is 1. The van der Waals surface area contributed by atoms with Gasteiger partial charge in [0.25, 0.3) is 0 Å². The zero-order valence-electron chi connectivity index (χ0n) is 8.18. The molecule has 0 aliphatic rings. The second-order valence-corrected chi connectivity index (χ2v) is 3.71. The number of allylic oxidation sites excluding steroid dienone is 1. The molecule has 0 aromatic heterocycles. The molecule has 0 aliphatic heterocycles. The lowest BCUT2D eigenvalue weighted by molar-refractivity contribution is 0.898. The molecule has 0 saturated carbocycles. The first kappa shape index (κ1) is 10.3. The number of alkyl halides is 1. The monoisotopic (exact) mass is 194 g/mol. The van der Waals surface area contributed by atoms with Gasteiger partial charge < -0.3 is 0 Å². The standard InChI is InChI=1S/C12H15Cl/c1-9(2)10(3)12-6-4-11(8-13)5-7-12/h4-7,10H,1,8H2,2-3H3. The summed E-state index contributed by atoms with van der Waals surface area (Å²) in [4.78, 5) is 0. The Morgan fingerprint density at radius 1 is 1.38 bits per heavy atom. The normalized spacial score (nSPS) is 12.5. The molecule has 1 rings (SSSR count). The van der Waals surface area contributed by atoms with Crippen molar-refractivity contribution in [2.24, 2.45) is 0 Å². The van der Waals surface area contributed by atoms with Gasteiger partial charge in [0, 0.05) is 11.8 Å². The second-order valence-electron chi connectivity index (χ2n) is 3.44. The molecule has 1 aromatic carbocycles. The molecule has 0 amide bonds. The van der Waals surface area contributed by atoms with Gasteiger partial charge in [-0.2, -0.15) is 0 Å². The van der Waals surface area contributed by atoms with Crippen LogP contribution in [0.1, 0.15) is 30.9 Å². The van der Waals surface area contributed by atoms with Gasteiger partial charge in [0.05, 0.1) is 0 Å². The van der Waals surface area contributed by atoms with Gasteiger partial charge in [0.2, 0.25) is 0 Å². The summed E-state index contributed by atoms with van der Waals surface area (Å²) in [6.07, 6.45) is 0. The van der Waals surface area contributed by atoms with Gasteiger partial charge in [-0.1, -0.05) is 43.3 Å². The van der Waals surface area contributed by atoms with E-state index in [1.54, 1.807) is 0 Å². The van der Waals surface area contributed by atoms with Crippen molar-refractivity contribution < 1.29 is 0 Å². The van der Waals surface area contributed by atoms with Gasteiger partial charge in [-0.15, -0.1) is 11.6 Å². The molecular weight excluding hydrogens is 180 g/mol. The van der Waals surface area contributed by atoms with Crippen LogP contribution in [0.5, 0.6) is 0 Å². The average Bonchev–Trinajstić information content (AvgIpc) is 2.17. The van der Waals surface area contributed by atoms with Crippen molar-refractivity contribution in [3.8, 4) is 0 Å². The van der Waals surface area contributed by atoms with Crippen LogP contribution in [-0.4, -0.2) is 0 Å². The molecule has 1 atom stereocenters.